The monoisotopic (exact) mass is 278 g/mol. The van der Waals surface area contributed by atoms with Crippen molar-refractivity contribution >= 4 is 11.3 Å². The van der Waals surface area contributed by atoms with E-state index in [1.165, 1.54) is 45.1 Å². The van der Waals surface area contributed by atoms with Gasteiger partial charge in [0.15, 0.2) is 0 Å². The number of nitrogens with one attached hydrogen (secondary N) is 1. The second kappa shape index (κ2) is 5.94. The summed E-state index contributed by atoms with van der Waals surface area (Å²) < 4.78 is 0. The lowest BCUT2D eigenvalue weighted by molar-refractivity contribution is 0.0197. The summed E-state index contributed by atoms with van der Waals surface area (Å²) in [4.78, 5) is 4.44. The van der Waals surface area contributed by atoms with E-state index < -0.39 is 0 Å². The molecule has 2 nitrogen and oxygen atoms in total. The van der Waals surface area contributed by atoms with Crippen LogP contribution in [0.25, 0.3) is 0 Å². The van der Waals surface area contributed by atoms with Gasteiger partial charge >= 0.3 is 0 Å². The molecule has 1 aromatic rings. The molecule has 0 aromatic carbocycles. The number of rotatable bonds is 4. The van der Waals surface area contributed by atoms with E-state index in [-0.39, 0.29) is 0 Å². The van der Waals surface area contributed by atoms with Gasteiger partial charge in [-0.25, -0.2) is 0 Å². The summed E-state index contributed by atoms with van der Waals surface area (Å²) in [5.74, 6) is 0. The lowest BCUT2D eigenvalue weighted by Gasteiger charge is -2.49. The first-order valence-corrected chi connectivity index (χ1v) is 8.68. The lowest BCUT2D eigenvalue weighted by atomic mass is 9.81. The quantitative estimate of drug-likeness (QED) is 0.908. The number of piperidine rings is 2. The lowest BCUT2D eigenvalue weighted by Crippen LogP contribution is -2.55. The number of aryl methyl sites for hydroxylation is 1. The Bertz CT molecular complexity index is 401. The maximum Gasteiger partial charge on any atom is 0.0336 e. The van der Waals surface area contributed by atoms with E-state index in [0.717, 1.165) is 18.1 Å². The summed E-state index contributed by atoms with van der Waals surface area (Å²) in [6, 6.07) is 4.70. The van der Waals surface area contributed by atoms with Crippen molar-refractivity contribution in [2.45, 2.75) is 70.1 Å². The van der Waals surface area contributed by atoms with E-state index in [2.05, 4.69) is 35.6 Å². The average molecular weight is 278 g/mol. The molecule has 2 unspecified atom stereocenters. The molecule has 3 rings (SSSR count). The van der Waals surface area contributed by atoms with Crippen LogP contribution in [0.4, 0.5) is 0 Å². The number of fused-ring (bicyclic) bond motifs is 2. The van der Waals surface area contributed by atoms with E-state index in [9.17, 15) is 0 Å². The van der Waals surface area contributed by atoms with Crippen molar-refractivity contribution in [3.05, 3.63) is 21.9 Å². The fraction of sp³-hybridized carbons (Fsp3) is 0.750. The molecule has 3 heteroatoms. The number of hydrogen-bond donors (Lipinski definition) is 1. The standard InChI is InChI=1S/C16H26N2S/c1-3-12-7-8-19-16(12)11-18-14-5-4-6-15(18)10-13(9-14)17-2/h7-8,13-15,17H,3-6,9-11H2,1-2H3. The molecule has 0 saturated carbocycles. The van der Waals surface area contributed by atoms with Gasteiger partial charge < -0.3 is 5.32 Å². The zero-order valence-electron chi connectivity index (χ0n) is 12.2. The minimum atomic E-state index is 0.750. The SMILES string of the molecule is CCc1ccsc1CN1C2CCCC1CC(NC)C2. The number of thiophene rings is 1. The molecule has 2 bridgehead atoms. The van der Waals surface area contributed by atoms with Crippen molar-refractivity contribution in [1.82, 2.24) is 10.2 Å². The van der Waals surface area contributed by atoms with E-state index in [4.69, 9.17) is 0 Å². The van der Waals surface area contributed by atoms with Gasteiger partial charge in [-0.05, 0) is 56.2 Å². The van der Waals surface area contributed by atoms with Gasteiger partial charge in [0.2, 0.25) is 0 Å². The highest BCUT2D eigenvalue weighted by Gasteiger charge is 2.37. The predicted octanol–water partition coefficient (Wildman–Crippen LogP) is 3.42. The third kappa shape index (κ3) is 2.74. The molecule has 106 valence electrons. The summed E-state index contributed by atoms with van der Waals surface area (Å²) in [6.07, 6.45) is 8.12. The third-order valence-corrected chi connectivity index (χ3v) is 6.03. The normalized spacial score (nSPS) is 31.6. The first-order valence-electron chi connectivity index (χ1n) is 7.80. The van der Waals surface area contributed by atoms with Gasteiger partial charge in [-0.15, -0.1) is 11.3 Å². The van der Waals surface area contributed by atoms with Crippen LogP contribution in [0.3, 0.4) is 0 Å². The van der Waals surface area contributed by atoms with E-state index in [1.54, 1.807) is 10.4 Å². The topological polar surface area (TPSA) is 15.3 Å². The van der Waals surface area contributed by atoms with Crippen molar-refractivity contribution in [2.75, 3.05) is 7.05 Å². The smallest absolute Gasteiger partial charge is 0.0336 e. The molecule has 2 fully saturated rings. The van der Waals surface area contributed by atoms with Crippen molar-refractivity contribution < 1.29 is 0 Å². The minimum Gasteiger partial charge on any atom is -0.317 e. The summed E-state index contributed by atoms with van der Waals surface area (Å²) in [7, 11) is 2.13. The Morgan fingerprint density at radius 1 is 1.32 bits per heavy atom. The molecule has 0 amide bonds. The molecule has 2 saturated heterocycles. The van der Waals surface area contributed by atoms with Crippen molar-refractivity contribution in [1.29, 1.82) is 0 Å². The first kappa shape index (κ1) is 13.6. The summed E-state index contributed by atoms with van der Waals surface area (Å²) >= 11 is 1.96. The Morgan fingerprint density at radius 2 is 2.05 bits per heavy atom. The van der Waals surface area contributed by atoms with Gasteiger partial charge in [0, 0.05) is 29.5 Å². The predicted molar refractivity (Wildman–Crippen MR) is 82.7 cm³/mol. The fourth-order valence-corrected chi connectivity index (χ4v) is 4.94. The summed E-state index contributed by atoms with van der Waals surface area (Å²) in [6.45, 7) is 3.48. The highest BCUT2D eigenvalue weighted by Crippen LogP contribution is 2.36. The molecule has 19 heavy (non-hydrogen) atoms. The number of nitrogens with zero attached hydrogens (tertiary/aromatic N) is 1. The molecular weight excluding hydrogens is 252 g/mol. The van der Waals surface area contributed by atoms with Crippen LogP contribution in [-0.4, -0.2) is 30.1 Å². The van der Waals surface area contributed by atoms with Crippen LogP contribution in [0, 0.1) is 0 Å². The maximum absolute atomic E-state index is 3.51. The van der Waals surface area contributed by atoms with E-state index in [0.29, 0.717) is 0 Å². The molecule has 0 spiro atoms. The highest BCUT2D eigenvalue weighted by atomic mass is 32.1. The molecule has 3 heterocycles. The Hall–Kier alpha value is -0.380. The van der Waals surface area contributed by atoms with Crippen LogP contribution in [0.15, 0.2) is 11.4 Å². The van der Waals surface area contributed by atoms with Crippen molar-refractivity contribution in [3.8, 4) is 0 Å². The first-order chi connectivity index (χ1) is 9.31. The Labute approximate surface area is 121 Å². The molecular formula is C16H26N2S. The minimum absolute atomic E-state index is 0.750. The Kier molecular flexibility index (Phi) is 4.25. The van der Waals surface area contributed by atoms with Crippen molar-refractivity contribution in [3.63, 3.8) is 0 Å². The van der Waals surface area contributed by atoms with Gasteiger partial charge in [0.25, 0.3) is 0 Å². The van der Waals surface area contributed by atoms with Gasteiger partial charge in [-0.1, -0.05) is 13.3 Å². The fourth-order valence-electron chi connectivity index (χ4n) is 3.96. The molecule has 1 aromatic heterocycles. The Morgan fingerprint density at radius 3 is 2.68 bits per heavy atom. The van der Waals surface area contributed by atoms with Gasteiger partial charge in [0.1, 0.15) is 0 Å². The van der Waals surface area contributed by atoms with Gasteiger partial charge in [-0.2, -0.15) is 0 Å². The third-order valence-electron chi connectivity index (χ3n) is 5.08. The molecule has 0 radical (unpaired) electrons. The van der Waals surface area contributed by atoms with E-state index >= 15 is 0 Å². The molecule has 2 aliphatic heterocycles. The van der Waals surface area contributed by atoms with Gasteiger partial charge in [0.05, 0.1) is 0 Å². The molecule has 2 atom stereocenters. The van der Waals surface area contributed by atoms with Gasteiger partial charge in [-0.3, -0.25) is 4.90 Å². The maximum atomic E-state index is 3.51. The number of hydrogen-bond acceptors (Lipinski definition) is 3. The van der Waals surface area contributed by atoms with E-state index in [1.807, 2.05) is 11.3 Å². The van der Waals surface area contributed by atoms with Crippen molar-refractivity contribution in [2.24, 2.45) is 0 Å². The summed E-state index contributed by atoms with van der Waals surface area (Å²) in [5, 5.41) is 5.78. The van der Waals surface area contributed by atoms with Crippen LogP contribution in [0.2, 0.25) is 0 Å². The van der Waals surface area contributed by atoms with Crippen LogP contribution < -0.4 is 5.32 Å². The molecule has 2 aliphatic rings. The average Bonchev–Trinajstić information content (AvgIpc) is 2.85. The van der Waals surface area contributed by atoms with Crippen LogP contribution in [0.5, 0.6) is 0 Å². The van der Waals surface area contributed by atoms with Crippen LogP contribution in [0.1, 0.15) is 49.5 Å². The highest BCUT2D eigenvalue weighted by molar-refractivity contribution is 7.10. The Balaban J connectivity index is 1.74. The molecule has 0 aliphatic carbocycles. The second-order valence-corrected chi connectivity index (χ2v) is 7.09. The summed E-state index contributed by atoms with van der Waals surface area (Å²) in [5.41, 5.74) is 1.57. The second-order valence-electron chi connectivity index (χ2n) is 6.09. The zero-order chi connectivity index (χ0) is 13.2. The van der Waals surface area contributed by atoms with Crippen LogP contribution in [-0.2, 0) is 13.0 Å². The largest absolute Gasteiger partial charge is 0.317 e. The zero-order valence-corrected chi connectivity index (χ0v) is 13.0. The molecule has 1 N–H and O–H groups in total. The van der Waals surface area contributed by atoms with Crippen LogP contribution >= 0.6 is 11.3 Å².